The van der Waals surface area contributed by atoms with Gasteiger partial charge in [-0.05, 0) is 24.3 Å². The first-order valence-corrected chi connectivity index (χ1v) is 5.93. The summed E-state index contributed by atoms with van der Waals surface area (Å²) in [5.41, 5.74) is -0.131. The van der Waals surface area contributed by atoms with Crippen LogP contribution in [0, 0.1) is 5.82 Å². The normalized spacial score (nSPS) is 12.0. The monoisotopic (exact) mass is 296 g/mol. The van der Waals surface area contributed by atoms with Crippen molar-refractivity contribution < 1.29 is 22.4 Å². The lowest BCUT2D eigenvalue weighted by molar-refractivity contribution is -0.137. The molecule has 0 aliphatic heterocycles. The number of carbonyl (C=O) groups excluding carboxylic acids is 1. The van der Waals surface area contributed by atoms with E-state index in [1.807, 2.05) is 0 Å². The average Bonchev–Trinajstić information content (AvgIpc) is 2.80. The van der Waals surface area contributed by atoms with Crippen LogP contribution in [0.1, 0.15) is 5.56 Å². The highest BCUT2D eigenvalue weighted by molar-refractivity contribution is 6.12. The van der Waals surface area contributed by atoms with Crippen LogP contribution >= 0.6 is 0 Å². The van der Waals surface area contributed by atoms with Gasteiger partial charge in [0.2, 0.25) is 6.41 Å². The van der Waals surface area contributed by atoms with Crippen LogP contribution in [0.2, 0.25) is 0 Å². The molecule has 7 heteroatoms. The lowest BCUT2D eigenvalue weighted by Gasteiger charge is -2.05. The predicted octanol–water partition coefficient (Wildman–Crippen LogP) is 4.05. The number of carbonyl (C=O) groups is 1. The standard InChI is InChI=1S/C14H8F4N2O/c15-9-3-4-10(19-6-21)13-12(9)8-2-1-7(14(16,17)18)5-11(8)20-13/h1-6,20H,(H,19,21). The van der Waals surface area contributed by atoms with Crippen LogP contribution in [-0.2, 0) is 11.0 Å². The molecule has 0 saturated heterocycles. The third kappa shape index (κ3) is 2.10. The molecule has 108 valence electrons. The average molecular weight is 296 g/mol. The van der Waals surface area contributed by atoms with Crippen LogP contribution in [0.15, 0.2) is 30.3 Å². The van der Waals surface area contributed by atoms with Crippen molar-refractivity contribution in [1.29, 1.82) is 0 Å². The van der Waals surface area contributed by atoms with Gasteiger partial charge in [-0.3, -0.25) is 4.79 Å². The third-order valence-corrected chi connectivity index (χ3v) is 3.24. The number of H-pyrrole nitrogens is 1. The van der Waals surface area contributed by atoms with E-state index in [-0.39, 0.29) is 16.4 Å². The first kappa shape index (κ1) is 13.4. The van der Waals surface area contributed by atoms with E-state index in [1.165, 1.54) is 12.1 Å². The van der Waals surface area contributed by atoms with Gasteiger partial charge in [0.15, 0.2) is 0 Å². The summed E-state index contributed by atoms with van der Waals surface area (Å²) in [4.78, 5) is 13.3. The zero-order valence-corrected chi connectivity index (χ0v) is 10.4. The molecule has 2 N–H and O–H groups in total. The first-order valence-electron chi connectivity index (χ1n) is 5.93. The molecule has 0 atom stereocenters. The summed E-state index contributed by atoms with van der Waals surface area (Å²) >= 11 is 0. The van der Waals surface area contributed by atoms with Crippen LogP contribution in [0.5, 0.6) is 0 Å². The number of anilines is 1. The number of aromatic nitrogens is 1. The van der Waals surface area contributed by atoms with Crippen molar-refractivity contribution in [3.05, 3.63) is 41.7 Å². The number of benzene rings is 2. The van der Waals surface area contributed by atoms with Crippen molar-refractivity contribution in [3.8, 4) is 0 Å². The minimum atomic E-state index is -4.48. The van der Waals surface area contributed by atoms with Gasteiger partial charge < -0.3 is 10.3 Å². The fourth-order valence-electron chi connectivity index (χ4n) is 2.33. The SMILES string of the molecule is O=CNc1ccc(F)c2c1[nH]c1cc(C(F)(F)F)ccc12. The Morgan fingerprint density at radius 2 is 1.90 bits per heavy atom. The van der Waals surface area contributed by atoms with Crippen molar-refractivity contribution in [2.24, 2.45) is 0 Å². The molecule has 0 fully saturated rings. The Morgan fingerprint density at radius 1 is 1.14 bits per heavy atom. The molecule has 1 heterocycles. The van der Waals surface area contributed by atoms with Crippen molar-refractivity contribution in [2.75, 3.05) is 5.32 Å². The minimum Gasteiger partial charge on any atom is -0.353 e. The first-order chi connectivity index (χ1) is 9.91. The highest BCUT2D eigenvalue weighted by Gasteiger charge is 2.30. The number of hydrogen-bond acceptors (Lipinski definition) is 1. The van der Waals surface area contributed by atoms with Crippen molar-refractivity contribution in [2.45, 2.75) is 6.18 Å². The fraction of sp³-hybridized carbons (Fsp3) is 0.0714. The maximum atomic E-state index is 13.9. The zero-order valence-electron chi connectivity index (χ0n) is 10.4. The third-order valence-electron chi connectivity index (χ3n) is 3.24. The number of alkyl halides is 3. The molecule has 1 aromatic heterocycles. The summed E-state index contributed by atoms with van der Waals surface area (Å²) in [6.07, 6.45) is -4.06. The molecule has 3 rings (SSSR count). The summed E-state index contributed by atoms with van der Waals surface area (Å²) in [5, 5.41) is 2.85. The maximum Gasteiger partial charge on any atom is 0.416 e. The molecular weight excluding hydrogens is 288 g/mol. The Hall–Kier alpha value is -2.57. The number of rotatable bonds is 2. The van der Waals surface area contributed by atoms with Gasteiger partial charge >= 0.3 is 6.18 Å². The van der Waals surface area contributed by atoms with E-state index in [1.54, 1.807) is 0 Å². The molecule has 2 aromatic carbocycles. The predicted molar refractivity (Wildman–Crippen MR) is 70.5 cm³/mol. The number of nitrogens with one attached hydrogen (secondary N) is 2. The Morgan fingerprint density at radius 3 is 2.57 bits per heavy atom. The van der Waals surface area contributed by atoms with E-state index < -0.39 is 17.6 Å². The van der Waals surface area contributed by atoms with Gasteiger partial charge in [0, 0.05) is 16.3 Å². The second-order valence-electron chi connectivity index (χ2n) is 4.49. The fourth-order valence-corrected chi connectivity index (χ4v) is 2.33. The second-order valence-corrected chi connectivity index (χ2v) is 4.49. The van der Waals surface area contributed by atoms with Gasteiger partial charge in [-0.1, -0.05) is 6.07 Å². The minimum absolute atomic E-state index is 0.144. The summed E-state index contributed by atoms with van der Waals surface area (Å²) in [6.45, 7) is 0. The van der Waals surface area contributed by atoms with E-state index in [4.69, 9.17) is 0 Å². The summed E-state index contributed by atoms with van der Waals surface area (Å²) < 4.78 is 52.1. The van der Waals surface area contributed by atoms with Crippen LogP contribution in [0.3, 0.4) is 0 Å². The molecule has 21 heavy (non-hydrogen) atoms. The van der Waals surface area contributed by atoms with E-state index in [0.29, 0.717) is 17.5 Å². The number of halogens is 4. The van der Waals surface area contributed by atoms with E-state index in [9.17, 15) is 22.4 Å². The molecule has 0 saturated carbocycles. The maximum absolute atomic E-state index is 13.9. The molecule has 0 radical (unpaired) electrons. The van der Waals surface area contributed by atoms with Crippen molar-refractivity contribution in [1.82, 2.24) is 4.98 Å². The van der Waals surface area contributed by atoms with Gasteiger partial charge in [-0.15, -0.1) is 0 Å². The number of fused-ring (bicyclic) bond motifs is 3. The van der Waals surface area contributed by atoms with E-state index in [0.717, 1.165) is 18.2 Å². The van der Waals surface area contributed by atoms with Crippen LogP contribution < -0.4 is 5.32 Å². The Balaban J connectivity index is 2.36. The van der Waals surface area contributed by atoms with E-state index in [2.05, 4.69) is 10.3 Å². The van der Waals surface area contributed by atoms with Gasteiger partial charge in [0.1, 0.15) is 5.82 Å². The largest absolute Gasteiger partial charge is 0.416 e. The molecule has 0 aliphatic carbocycles. The number of hydrogen-bond donors (Lipinski definition) is 2. The summed E-state index contributed by atoms with van der Waals surface area (Å²) in [6, 6.07) is 5.52. The van der Waals surface area contributed by atoms with Crippen LogP contribution in [0.4, 0.5) is 23.2 Å². The lowest BCUT2D eigenvalue weighted by Crippen LogP contribution is -2.03. The van der Waals surface area contributed by atoms with Gasteiger partial charge in [-0.25, -0.2) is 4.39 Å². The topological polar surface area (TPSA) is 44.9 Å². The molecule has 1 amide bonds. The lowest BCUT2D eigenvalue weighted by atomic mass is 10.1. The molecule has 0 unspecified atom stereocenters. The number of amides is 1. The van der Waals surface area contributed by atoms with Gasteiger partial charge in [0.05, 0.1) is 16.8 Å². The molecule has 0 spiro atoms. The second kappa shape index (κ2) is 4.47. The zero-order chi connectivity index (χ0) is 15.2. The smallest absolute Gasteiger partial charge is 0.353 e. The van der Waals surface area contributed by atoms with E-state index >= 15 is 0 Å². The summed E-state index contributed by atoms with van der Waals surface area (Å²) in [7, 11) is 0. The molecule has 0 bridgehead atoms. The molecule has 3 nitrogen and oxygen atoms in total. The quantitative estimate of drug-likeness (QED) is 0.544. The molecule has 0 aliphatic rings. The van der Waals surface area contributed by atoms with Crippen molar-refractivity contribution in [3.63, 3.8) is 0 Å². The number of aromatic amines is 1. The van der Waals surface area contributed by atoms with Crippen LogP contribution in [-0.4, -0.2) is 11.4 Å². The summed E-state index contributed by atoms with van der Waals surface area (Å²) in [5.74, 6) is -0.576. The Bertz CT molecular complexity index is 851. The highest BCUT2D eigenvalue weighted by atomic mass is 19.4. The van der Waals surface area contributed by atoms with Gasteiger partial charge in [0.25, 0.3) is 0 Å². The molecule has 3 aromatic rings. The van der Waals surface area contributed by atoms with Crippen LogP contribution in [0.25, 0.3) is 21.8 Å². The van der Waals surface area contributed by atoms with Crippen molar-refractivity contribution >= 4 is 33.9 Å². The van der Waals surface area contributed by atoms with Gasteiger partial charge in [-0.2, -0.15) is 13.2 Å². The molecular formula is C14H8F4N2O. The highest BCUT2D eigenvalue weighted by Crippen LogP contribution is 2.36. The Kier molecular flexibility index (Phi) is 2.86. The Labute approximate surface area is 115 Å².